The molecule has 4 aliphatic carbocycles. The Morgan fingerprint density at radius 1 is 1.13 bits per heavy atom. The molecule has 0 radical (unpaired) electrons. The highest BCUT2D eigenvalue weighted by atomic mass is 16.1. The van der Waals surface area contributed by atoms with Crippen molar-refractivity contribution in [3.05, 3.63) is 11.6 Å². The van der Waals surface area contributed by atoms with Crippen LogP contribution in [0.15, 0.2) is 11.6 Å². The maximum Gasteiger partial charge on any atom is 0.142 e. The molecule has 4 rings (SSSR count). The van der Waals surface area contributed by atoms with Crippen molar-refractivity contribution in [3.63, 3.8) is 0 Å². The third kappa shape index (κ3) is 2.14. The standard InChI is InChI=1S/C22H34O/c1-4-7-15-14-19-17-10-9-16-8-5-6-12-21(16,2)18(17)11-13-22(19,3)20(15)23/h9,15,17-19H,4-8,10-14H2,1-3H3/t15-,17+,18-,19-,21-,22-/m0/s1. The monoisotopic (exact) mass is 314 g/mol. The fourth-order valence-electron chi connectivity index (χ4n) is 7.24. The van der Waals surface area contributed by atoms with Crippen molar-refractivity contribution in [1.29, 1.82) is 0 Å². The number of ketones is 1. The first kappa shape index (κ1) is 15.9. The first-order chi connectivity index (χ1) is 11.0. The van der Waals surface area contributed by atoms with Gasteiger partial charge in [-0.1, -0.05) is 45.3 Å². The summed E-state index contributed by atoms with van der Waals surface area (Å²) in [4.78, 5) is 13.1. The van der Waals surface area contributed by atoms with E-state index in [-0.39, 0.29) is 5.41 Å². The summed E-state index contributed by atoms with van der Waals surface area (Å²) >= 11 is 0. The molecule has 0 unspecified atom stereocenters. The maximum atomic E-state index is 13.1. The van der Waals surface area contributed by atoms with Gasteiger partial charge in [0.1, 0.15) is 5.78 Å². The smallest absolute Gasteiger partial charge is 0.142 e. The molecule has 0 heterocycles. The summed E-state index contributed by atoms with van der Waals surface area (Å²) < 4.78 is 0. The van der Waals surface area contributed by atoms with Gasteiger partial charge < -0.3 is 0 Å². The minimum atomic E-state index is 0.0113. The number of carbonyl (C=O) groups excluding carboxylic acids is 1. The van der Waals surface area contributed by atoms with Crippen LogP contribution in [0.5, 0.6) is 0 Å². The summed E-state index contributed by atoms with van der Waals surface area (Å²) in [5.74, 6) is 3.31. The normalized spacial score (nSPS) is 49.2. The van der Waals surface area contributed by atoms with E-state index in [9.17, 15) is 4.79 Å². The highest BCUT2D eigenvalue weighted by molar-refractivity contribution is 5.89. The van der Waals surface area contributed by atoms with Gasteiger partial charge in [-0.25, -0.2) is 0 Å². The van der Waals surface area contributed by atoms with Crippen molar-refractivity contribution in [2.45, 2.75) is 85.0 Å². The van der Waals surface area contributed by atoms with Crippen LogP contribution in [0.1, 0.15) is 85.0 Å². The van der Waals surface area contributed by atoms with Crippen LogP contribution in [0, 0.1) is 34.5 Å². The van der Waals surface area contributed by atoms with E-state index in [0.717, 1.165) is 24.7 Å². The second-order valence-corrected chi connectivity index (χ2v) is 9.51. The summed E-state index contributed by atoms with van der Waals surface area (Å²) in [6, 6.07) is 0. The number of hydrogen-bond donors (Lipinski definition) is 0. The number of hydrogen-bond acceptors (Lipinski definition) is 1. The van der Waals surface area contributed by atoms with E-state index in [2.05, 4.69) is 26.8 Å². The van der Waals surface area contributed by atoms with Crippen LogP contribution in [0.2, 0.25) is 0 Å². The van der Waals surface area contributed by atoms with Crippen LogP contribution in [0.25, 0.3) is 0 Å². The minimum Gasteiger partial charge on any atom is -0.299 e. The van der Waals surface area contributed by atoms with Crippen molar-refractivity contribution < 1.29 is 4.79 Å². The first-order valence-electron chi connectivity index (χ1n) is 10.2. The minimum absolute atomic E-state index is 0.0113. The third-order valence-corrected chi connectivity index (χ3v) is 8.52. The first-order valence-corrected chi connectivity index (χ1v) is 10.2. The summed E-state index contributed by atoms with van der Waals surface area (Å²) in [7, 11) is 0. The van der Waals surface area contributed by atoms with Crippen molar-refractivity contribution >= 4 is 5.78 Å². The van der Waals surface area contributed by atoms with E-state index in [0.29, 0.717) is 23.0 Å². The van der Waals surface area contributed by atoms with E-state index in [4.69, 9.17) is 0 Å². The second-order valence-electron chi connectivity index (χ2n) is 9.51. The molecular formula is C22H34O. The zero-order valence-electron chi connectivity index (χ0n) is 15.4. The Balaban J connectivity index is 1.66. The molecule has 4 aliphatic rings. The molecule has 0 aromatic carbocycles. The zero-order chi connectivity index (χ0) is 16.2. The molecule has 1 heteroatoms. The molecule has 6 atom stereocenters. The van der Waals surface area contributed by atoms with Crippen LogP contribution in [-0.4, -0.2) is 5.78 Å². The predicted molar refractivity (Wildman–Crippen MR) is 95.1 cm³/mol. The molecular weight excluding hydrogens is 280 g/mol. The van der Waals surface area contributed by atoms with E-state index < -0.39 is 0 Å². The third-order valence-electron chi connectivity index (χ3n) is 8.52. The Kier molecular flexibility index (Phi) is 3.78. The molecule has 3 saturated carbocycles. The molecule has 0 spiro atoms. The number of rotatable bonds is 2. The van der Waals surface area contributed by atoms with Crippen molar-refractivity contribution in [1.82, 2.24) is 0 Å². The fraction of sp³-hybridized carbons (Fsp3) is 0.864. The molecule has 1 nitrogen and oxygen atoms in total. The van der Waals surface area contributed by atoms with E-state index in [1.807, 2.05) is 0 Å². The lowest BCUT2D eigenvalue weighted by Gasteiger charge is -2.56. The molecule has 0 aliphatic heterocycles. The lowest BCUT2D eigenvalue weighted by molar-refractivity contribution is -0.134. The van der Waals surface area contributed by atoms with Gasteiger partial charge >= 0.3 is 0 Å². The molecule has 0 bridgehead atoms. The highest BCUT2D eigenvalue weighted by Crippen LogP contribution is 2.64. The zero-order valence-corrected chi connectivity index (χ0v) is 15.4. The van der Waals surface area contributed by atoms with Crippen molar-refractivity contribution in [2.75, 3.05) is 0 Å². The lowest BCUT2D eigenvalue weighted by Crippen LogP contribution is -2.49. The van der Waals surface area contributed by atoms with Gasteiger partial charge in [-0.2, -0.15) is 0 Å². The van der Waals surface area contributed by atoms with E-state index in [1.54, 1.807) is 5.57 Å². The van der Waals surface area contributed by atoms with Gasteiger partial charge in [0.15, 0.2) is 0 Å². The molecule has 0 aromatic heterocycles. The SMILES string of the molecule is CCC[C@H]1C[C@H]2[C@@H]3CC=C4CCCC[C@]4(C)[C@H]3CC[C@]2(C)C1=O. The van der Waals surface area contributed by atoms with Gasteiger partial charge in [0, 0.05) is 11.3 Å². The Labute approximate surface area is 142 Å². The number of carbonyl (C=O) groups is 1. The molecule has 0 saturated heterocycles. The largest absolute Gasteiger partial charge is 0.299 e. The van der Waals surface area contributed by atoms with Gasteiger partial charge in [-0.05, 0) is 74.5 Å². The van der Waals surface area contributed by atoms with Gasteiger partial charge in [-0.15, -0.1) is 0 Å². The summed E-state index contributed by atoms with van der Waals surface area (Å²) in [6.07, 6.45) is 15.4. The Morgan fingerprint density at radius 3 is 2.74 bits per heavy atom. The number of fused-ring (bicyclic) bond motifs is 5. The Morgan fingerprint density at radius 2 is 1.96 bits per heavy atom. The summed E-state index contributed by atoms with van der Waals surface area (Å²) in [5.41, 5.74) is 2.26. The quantitative estimate of drug-likeness (QED) is 0.577. The highest BCUT2D eigenvalue weighted by Gasteiger charge is 2.60. The number of allylic oxidation sites excluding steroid dienone is 2. The maximum absolute atomic E-state index is 13.1. The average molecular weight is 315 g/mol. The molecule has 23 heavy (non-hydrogen) atoms. The Hall–Kier alpha value is -0.590. The van der Waals surface area contributed by atoms with Crippen LogP contribution >= 0.6 is 0 Å². The van der Waals surface area contributed by atoms with Crippen LogP contribution in [0.4, 0.5) is 0 Å². The lowest BCUT2D eigenvalue weighted by atomic mass is 9.48. The van der Waals surface area contributed by atoms with Crippen molar-refractivity contribution in [2.24, 2.45) is 34.5 Å². The molecule has 0 aromatic rings. The van der Waals surface area contributed by atoms with E-state index in [1.165, 1.54) is 51.4 Å². The molecule has 128 valence electrons. The number of Topliss-reactive ketones (excluding diaryl/α,β-unsaturated/α-hetero) is 1. The average Bonchev–Trinajstić information content (AvgIpc) is 2.79. The van der Waals surface area contributed by atoms with Crippen LogP contribution in [0.3, 0.4) is 0 Å². The van der Waals surface area contributed by atoms with Crippen LogP contribution < -0.4 is 0 Å². The van der Waals surface area contributed by atoms with Gasteiger partial charge in [0.05, 0.1) is 0 Å². The fourth-order valence-corrected chi connectivity index (χ4v) is 7.24. The topological polar surface area (TPSA) is 17.1 Å². The van der Waals surface area contributed by atoms with Gasteiger partial charge in [-0.3, -0.25) is 4.79 Å². The van der Waals surface area contributed by atoms with Gasteiger partial charge in [0.25, 0.3) is 0 Å². The summed E-state index contributed by atoms with van der Waals surface area (Å²) in [5, 5.41) is 0. The summed E-state index contributed by atoms with van der Waals surface area (Å²) in [6.45, 7) is 7.13. The molecule has 0 amide bonds. The molecule has 3 fully saturated rings. The van der Waals surface area contributed by atoms with Gasteiger partial charge in [0.2, 0.25) is 0 Å². The van der Waals surface area contributed by atoms with E-state index >= 15 is 0 Å². The second kappa shape index (κ2) is 5.46. The van der Waals surface area contributed by atoms with Crippen LogP contribution in [-0.2, 0) is 4.79 Å². The Bertz CT molecular complexity index is 532. The van der Waals surface area contributed by atoms with Crippen molar-refractivity contribution in [3.8, 4) is 0 Å². The molecule has 0 N–H and O–H groups in total. The predicted octanol–water partition coefficient (Wildman–Crippen LogP) is 5.93.